The summed E-state index contributed by atoms with van der Waals surface area (Å²) in [6, 6.07) is 7.12. The van der Waals surface area contributed by atoms with Gasteiger partial charge in [0.05, 0.1) is 11.3 Å². The van der Waals surface area contributed by atoms with Crippen LogP contribution >= 0.6 is 27.3 Å². The molecule has 0 fully saturated rings. The van der Waals surface area contributed by atoms with E-state index in [0.29, 0.717) is 17.0 Å². The highest BCUT2D eigenvalue weighted by molar-refractivity contribution is 9.10. The van der Waals surface area contributed by atoms with Gasteiger partial charge in [-0.1, -0.05) is 15.9 Å². The van der Waals surface area contributed by atoms with E-state index in [2.05, 4.69) is 20.9 Å². The fourth-order valence-electron chi connectivity index (χ4n) is 1.34. The first-order valence-electron chi connectivity index (χ1n) is 5.10. The molecule has 1 aromatic carbocycles. The number of hydrogen-bond acceptors (Lipinski definition) is 5. The van der Waals surface area contributed by atoms with E-state index in [0.717, 1.165) is 15.8 Å². The molecule has 0 aliphatic carbocycles. The monoisotopic (exact) mass is 338 g/mol. The van der Waals surface area contributed by atoms with E-state index >= 15 is 0 Å². The molecule has 19 heavy (non-hydrogen) atoms. The molecular weight excluding hydrogens is 332 g/mol. The van der Waals surface area contributed by atoms with E-state index in [-0.39, 0.29) is 11.6 Å². The Hall–Kier alpha value is -1.91. The molecule has 96 valence electrons. The van der Waals surface area contributed by atoms with Gasteiger partial charge in [0.25, 0.3) is 0 Å². The lowest BCUT2D eigenvalue weighted by Gasteiger charge is -2.06. The summed E-state index contributed by atoms with van der Waals surface area (Å²) in [4.78, 5) is 14.6. The zero-order valence-electron chi connectivity index (χ0n) is 9.46. The summed E-state index contributed by atoms with van der Waals surface area (Å²) in [6.45, 7) is 0.125. The minimum absolute atomic E-state index is 0.0231. The zero-order valence-corrected chi connectivity index (χ0v) is 11.9. The minimum atomic E-state index is -1.06. The van der Waals surface area contributed by atoms with E-state index in [9.17, 15) is 4.79 Å². The van der Waals surface area contributed by atoms with E-state index < -0.39 is 5.97 Å². The molecule has 0 radical (unpaired) electrons. The van der Waals surface area contributed by atoms with Crippen molar-refractivity contribution < 1.29 is 14.6 Å². The van der Waals surface area contributed by atoms with Gasteiger partial charge in [-0.25, -0.2) is 9.78 Å². The topological polar surface area (TPSA) is 83.2 Å². The SMILES string of the molecule is N#Cc1cc(Br)ccc1OCc1csc(C(=O)O)n1. The first-order valence-corrected chi connectivity index (χ1v) is 6.77. The number of aromatic carboxylic acids is 1. The highest BCUT2D eigenvalue weighted by atomic mass is 79.9. The number of thiazole rings is 1. The number of nitriles is 1. The second-order valence-corrected chi connectivity index (χ2v) is 5.26. The molecule has 2 aromatic rings. The number of carbonyl (C=O) groups is 1. The summed E-state index contributed by atoms with van der Waals surface area (Å²) in [6.07, 6.45) is 0. The lowest BCUT2D eigenvalue weighted by atomic mass is 10.2. The van der Waals surface area contributed by atoms with Crippen molar-refractivity contribution in [3.05, 3.63) is 44.3 Å². The van der Waals surface area contributed by atoms with Crippen LogP contribution in [-0.2, 0) is 6.61 Å². The summed E-state index contributed by atoms with van der Waals surface area (Å²) in [5.41, 5.74) is 0.928. The van der Waals surface area contributed by atoms with Crippen molar-refractivity contribution in [3.8, 4) is 11.8 Å². The van der Waals surface area contributed by atoms with Gasteiger partial charge in [0.15, 0.2) is 0 Å². The van der Waals surface area contributed by atoms with Crippen LogP contribution in [0.25, 0.3) is 0 Å². The summed E-state index contributed by atoms with van der Waals surface area (Å²) in [7, 11) is 0. The molecule has 1 heterocycles. The van der Waals surface area contributed by atoms with Gasteiger partial charge < -0.3 is 9.84 Å². The molecular formula is C12H7BrN2O3S. The zero-order chi connectivity index (χ0) is 13.8. The number of rotatable bonds is 4. The van der Waals surface area contributed by atoms with Gasteiger partial charge in [-0.05, 0) is 18.2 Å². The van der Waals surface area contributed by atoms with Crippen molar-refractivity contribution >= 4 is 33.2 Å². The molecule has 0 spiro atoms. The highest BCUT2D eigenvalue weighted by Gasteiger charge is 2.10. The molecule has 0 aliphatic heterocycles. The molecule has 7 heteroatoms. The molecule has 1 aromatic heterocycles. The van der Waals surface area contributed by atoms with Crippen LogP contribution in [0, 0.1) is 11.3 Å². The second kappa shape index (κ2) is 5.82. The van der Waals surface area contributed by atoms with Gasteiger partial charge in [0.2, 0.25) is 5.01 Å². The third kappa shape index (κ3) is 3.30. The fraction of sp³-hybridized carbons (Fsp3) is 0.0833. The Morgan fingerprint density at radius 2 is 2.37 bits per heavy atom. The Bertz CT molecular complexity index is 663. The molecule has 5 nitrogen and oxygen atoms in total. The van der Waals surface area contributed by atoms with Crippen LogP contribution in [0.2, 0.25) is 0 Å². The van der Waals surface area contributed by atoms with Crippen LogP contribution < -0.4 is 4.74 Å². The number of carboxylic acids is 1. The van der Waals surface area contributed by atoms with Crippen molar-refractivity contribution in [2.75, 3.05) is 0 Å². The van der Waals surface area contributed by atoms with E-state index in [1.54, 1.807) is 23.6 Å². The third-order valence-corrected chi connectivity index (χ3v) is 3.54. The summed E-state index contributed by atoms with van der Waals surface area (Å²) >= 11 is 4.31. The van der Waals surface area contributed by atoms with Gasteiger partial charge in [-0.2, -0.15) is 5.26 Å². The second-order valence-electron chi connectivity index (χ2n) is 3.49. The first kappa shape index (κ1) is 13.5. The molecule has 1 N–H and O–H groups in total. The number of ether oxygens (including phenoxy) is 1. The lowest BCUT2D eigenvalue weighted by Crippen LogP contribution is -2.00. The minimum Gasteiger partial charge on any atom is -0.486 e. The molecule has 0 bridgehead atoms. The number of halogens is 1. The lowest BCUT2D eigenvalue weighted by molar-refractivity contribution is 0.0696. The van der Waals surface area contributed by atoms with E-state index in [1.807, 2.05) is 6.07 Å². The van der Waals surface area contributed by atoms with Crippen LogP contribution in [0.1, 0.15) is 21.1 Å². The van der Waals surface area contributed by atoms with Crippen molar-refractivity contribution in [1.29, 1.82) is 5.26 Å². The van der Waals surface area contributed by atoms with Crippen molar-refractivity contribution in [2.45, 2.75) is 6.61 Å². The van der Waals surface area contributed by atoms with Gasteiger partial charge in [0, 0.05) is 9.85 Å². The predicted octanol–water partition coefficient (Wildman–Crippen LogP) is 3.05. The van der Waals surface area contributed by atoms with Crippen LogP contribution in [0.5, 0.6) is 5.75 Å². The van der Waals surface area contributed by atoms with Crippen molar-refractivity contribution in [3.63, 3.8) is 0 Å². The Kier molecular flexibility index (Phi) is 4.14. The summed E-state index contributed by atoms with van der Waals surface area (Å²) in [5.74, 6) is -0.617. The Labute approximate surface area is 121 Å². The van der Waals surface area contributed by atoms with E-state index in [1.165, 1.54) is 0 Å². The molecule has 0 saturated carbocycles. The Morgan fingerprint density at radius 3 is 3.00 bits per heavy atom. The first-order chi connectivity index (χ1) is 9.10. The number of hydrogen-bond donors (Lipinski definition) is 1. The molecule has 0 unspecified atom stereocenters. The highest BCUT2D eigenvalue weighted by Crippen LogP contribution is 2.23. The number of carboxylic acid groups (broad SMARTS) is 1. The molecule has 2 rings (SSSR count). The standard InChI is InChI=1S/C12H7BrN2O3S/c13-8-1-2-10(7(3-8)4-14)18-5-9-6-19-11(15-9)12(16)17/h1-3,6H,5H2,(H,16,17). The number of aromatic nitrogens is 1. The molecule has 0 atom stereocenters. The van der Waals surface area contributed by atoms with Crippen molar-refractivity contribution in [2.24, 2.45) is 0 Å². The van der Waals surface area contributed by atoms with Crippen LogP contribution in [-0.4, -0.2) is 16.1 Å². The van der Waals surface area contributed by atoms with Gasteiger partial charge in [-0.3, -0.25) is 0 Å². The van der Waals surface area contributed by atoms with E-state index in [4.69, 9.17) is 15.1 Å². The van der Waals surface area contributed by atoms with Gasteiger partial charge in [0.1, 0.15) is 18.4 Å². The molecule has 0 aliphatic rings. The summed E-state index contributed by atoms with van der Waals surface area (Å²) < 4.78 is 6.26. The third-order valence-electron chi connectivity index (χ3n) is 2.17. The largest absolute Gasteiger partial charge is 0.486 e. The summed E-state index contributed by atoms with van der Waals surface area (Å²) in [5, 5.41) is 19.4. The Balaban J connectivity index is 2.10. The van der Waals surface area contributed by atoms with Crippen LogP contribution in [0.15, 0.2) is 28.1 Å². The smallest absolute Gasteiger partial charge is 0.365 e. The molecule has 0 saturated heterocycles. The quantitative estimate of drug-likeness (QED) is 0.926. The average Bonchev–Trinajstić information content (AvgIpc) is 2.86. The number of nitrogens with zero attached hydrogens (tertiary/aromatic N) is 2. The maximum absolute atomic E-state index is 10.7. The van der Waals surface area contributed by atoms with Gasteiger partial charge in [-0.15, -0.1) is 11.3 Å². The fourth-order valence-corrected chi connectivity index (χ4v) is 2.34. The average molecular weight is 339 g/mol. The predicted molar refractivity (Wildman–Crippen MR) is 72.3 cm³/mol. The maximum atomic E-state index is 10.7. The van der Waals surface area contributed by atoms with Crippen LogP contribution in [0.3, 0.4) is 0 Å². The van der Waals surface area contributed by atoms with Crippen LogP contribution in [0.4, 0.5) is 0 Å². The Morgan fingerprint density at radius 1 is 1.58 bits per heavy atom. The number of benzene rings is 1. The van der Waals surface area contributed by atoms with Crippen molar-refractivity contribution in [1.82, 2.24) is 4.98 Å². The molecule has 0 amide bonds. The normalized spacial score (nSPS) is 9.89. The maximum Gasteiger partial charge on any atom is 0.365 e. The van der Waals surface area contributed by atoms with Gasteiger partial charge >= 0.3 is 5.97 Å².